The lowest BCUT2D eigenvalue weighted by atomic mass is 9.94. The molecule has 10 heteroatoms. The van der Waals surface area contributed by atoms with Gasteiger partial charge in [0.15, 0.2) is 0 Å². The van der Waals surface area contributed by atoms with Crippen LogP contribution in [0.3, 0.4) is 0 Å². The van der Waals surface area contributed by atoms with E-state index in [1.54, 1.807) is 0 Å². The van der Waals surface area contributed by atoms with Crippen molar-refractivity contribution in [1.29, 1.82) is 0 Å². The molecule has 0 aromatic heterocycles. The fraction of sp³-hybridized carbons (Fsp3) is 0.789. The number of hydrogen-bond donors (Lipinski definition) is 3. The SMILES string of the molecule is CS(=O)(=O)CC1(CC(=O)NCC(NC(=O)CC2CCC(=O)NC2=O)C2CC2)CC1. The molecule has 3 fully saturated rings. The molecule has 1 saturated heterocycles. The lowest BCUT2D eigenvalue weighted by molar-refractivity contribution is -0.139. The van der Waals surface area contributed by atoms with E-state index in [1.165, 1.54) is 6.26 Å². The third-order valence-corrected chi connectivity index (χ3v) is 7.04. The third kappa shape index (κ3) is 6.80. The van der Waals surface area contributed by atoms with E-state index in [-0.39, 0.29) is 48.8 Å². The molecular weight excluding hydrogens is 398 g/mol. The van der Waals surface area contributed by atoms with E-state index < -0.39 is 27.1 Å². The average molecular weight is 428 g/mol. The van der Waals surface area contributed by atoms with Crippen LogP contribution in [-0.4, -0.2) is 56.6 Å². The summed E-state index contributed by atoms with van der Waals surface area (Å²) in [5.41, 5.74) is -0.429. The minimum absolute atomic E-state index is 0.0216. The van der Waals surface area contributed by atoms with Crippen molar-refractivity contribution in [3.05, 3.63) is 0 Å². The van der Waals surface area contributed by atoms with Crippen molar-refractivity contribution in [2.45, 2.75) is 57.4 Å². The second kappa shape index (κ2) is 8.41. The van der Waals surface area contributed by atoms with Gasteiger partial charge in [0.05, 0.1) is 5.75 Å². The maximum absolute atomic E-state index is 12.4. The molecule has 3 rings (SSSR count). The fourth-order valence-electron chi connectivity index (χ4n) is 3.99. The molecule has 2 atom stereocenters. The van der Waals surface area contributed by atoms with E-state index in [0.29, 0.717) is 18.9 Å². The van der Waals surface area contributed by atoms with Gasteiger partial charge in [0, 0.05) is 44.0 Å². The molecule has 9 nitrogen and oxygen atoms in total. The number of amides is 4. The van der Waals surface area contributed by atoms with Gasteiger partial charge in [-0.15, -0.1) is 0 Å². The fourth-order valence-corrected chi connectivity index (χ4v) is 5.49. The zero-order valence-corrected chi connectivity index (χ0v) is 17.5. The molecule has 4 amide bonds. The zero-order valence-electron chi connectivity index (χ0n) is 16.7. The summed E-state index contributed by atoms with van der Waals surface area (Å²) < 4.78 is 23.1. The highest BCUT2D eigenvalue weighted by molar-refractivity contribution is 7.90. The molecule has 2 saturated carbocycles. The topological polar surface area (TPSA) is 139 Å². The van der Waals surface area contributed by atoms with Crippen molar-refractivity contribution in [1.82, 2.24) is 16.0 Å². The van der Waals surface area contributed by atoms with Crippen LogP contribution in [-0.2, 0) is 29.0 Å². The summed E-state index contributed by atoms with van der Waals surface area (Å²) in [5.74, 6) is -1.36. The van der Waals surface area contributed by atoms with Gasteiger partial charge in [0.25, 0.3) is 0 Å². The van der Waals surface area contributed by atoms with E-state index >= 15 is 0 Å². The predicted molar refractivity (Wildman–Crippen MR) is 104 cm³/mol. The summed E-state index contributed by atoms with van der Waals surface area (Å²) in [4.78, 5) is 47.7. The average Bonchev–Trinajstić information content (AvgIpc) is 3.50. The Morgan fingerprint density at radius 2 is 1.86 bits per heavy atom. The molecule has 0 radical (unpaired) electrons. The van der Waals surface area contributed by atoms with Crippen LogP contribution in [0.1, 0.15) is 51.4 Å². The van der Waals surface area contributed by atoms with E-state index in [2.05, 4.69) is 16.0 Å². The normalized spacial score (nSPS) is 24.4. The minimum Gasteiger partial charge on any atom is -0.354 e. The molecule has 0 aromatic rings. The number of piperidine rings is 1. The number of carbonyl (C=O) groups is 4. The second-order valence-electron chi connectivity index (χ2n) is 8.91. The van der Waals surface area contributed by atoms with E-state index in [9.17, 15) is 27.6 Å². The molecule has 162 valence electrons. The maximum atomic E-state index is 12.4. The van der Waals surface area contributed by atoms with Crippen molar-refractivity contribution in [3.63, 3.8) is 0 Å². The van der Waals surface area contributed by atoms with Gasteiger partial charge in [-0.05, 0) is 43.4 Å². The first-order valence-corrected chi connectivity index (χ1v) is 12.2. The van der Waals surface area contributed by atoms with Crippen LogP contribution in [0.25, 0.3) is 0 Å². The molecule has 0 bridgehead atoms. The number of rotatable bonds is 10. The highest BCUT2D eigenvalue weighted by Crippen LogP contribution is 2.49. The van der Waals surface area contributed by atoms with Crippen molar-refractivity contribution < 1.29 is 27.6 Å². The summed E-state index contributed by atoms with van der Waals surface area (Å²) in [7, 11) is -3.13. The predicted octanol–water partition coefficient (Wildman–Crippen LogP) is -0.345. The van der Waals surface area contributed by atoms with Crippen LogP contribution in [0.5, 0.6) is 0 Å². The molecule has 3 N–H and O–H groups in total. The Morgan fingerprint density at radius 1 is 1.17 bits per heavy atom. The van der Waals surface area contributed by atoms with Crippen molar-refractivity contribution in [2.75, 3.05) is 18.6 Å². The molecule has 2 aliphatic carbocycles. The van der Waals surface area contributed by atoms with E-state index in [4.69, 9.17) is 0 Å². The Hall–Kier alpha value is -1.97. The quantitative estimate of drug-likeness (QED) is 0.408. The van der Waals surface area contributed by atoms with E-state index in [1.807, 2.05) is 0 Å². The Kier molecular flexibility index (Phi) is 6.30. The Bertz CT molecular complexity index is 801. The Labute approximate surface area is 170 Å². The van der Waals surface area contributed by atoms with Gasteiger partial charge in [-0.25, -0.2) is 8.42 Å². The highest BCUT2D eigenvalue weighted by atomic mass is 32.2. The smallest absolute Gasteiger partial charge is 0.230 e. The van der Waals surface area contributed by atoms with E-state index in [0.717, 1.165) is 25.7 Å². The molecule has 29 heavy (non-hydrogen) atoms. The molecule has 0 spiro atoms. The van der Waals surface area contributed by atoms with Crippen LogP contribution in [0.15, 0.2) is 0 Å². The van der Waals surface area contributed by atoms with Gasteiger partial charge >= 0.3 is 0 Å². The molecule has 1 aliphatic heterocycles. The maximum Gasteiger partial charge on any atom is 0.230 e. The largest absolute Gasteiger partial charge is 0.354 e. The van der Waals surface area contributed by atoms with Gasteiger partial charge in [-0.3, -0.25) is 24.5 Å². The standard InChI is InChI=1S/C19H29N3O6S/c1-29(27,28)11-19(6-7-19)9-17(25)20-10-14(12-2-3-12)21-16(24)8-13-4-5-15(23)22-18(13)26/h12-14H,2-11H2,1H3,(H,20,25)(H,21,24)(H,22,23,26). The summed E-state index contributed by atoms with van der Waals surface area (Å²) in [6, 6.07) is -0.204. The first kappa shape index (κ1) is 21.7. The zero-order chi connectivity index (χ0) is 21.2. The monoisotopic (exact) mass is 427 g/mol. The summed E-state index contributed by atoms with van der Waals surface area (Å²) in [6.45, 7) is 0.291. The van der Waals surface area contributed by atoms with Gasteiger partial charge in [-0.1, -0.05) is 0 Å². The summed E-state index contributed by atoms with van der Waals surface area (Å²) in [6.07, 6.45) is 5.41. The Balaban J connectivity index is 1.44. The van der Waals surface area contributed by atoms with Gasteiger partial charge in [0.2, 0.25) is 23.6 Å². The van der Waals surface area contributed by atoms with Crippen LogP contribution in [0, 0.1) is 17.3 Å². The first-order chi connectivity index (χ1) is 13.6. The van der Waals surface area contributed by atoms with Crippen LogP contribution in [0.2, 0.25) is 0 Å². The number of imide groups is 1. The summed E-state index contributed by atoms with van der Waals surface area (Å²) >= 11 is 0. The lowest BCUT2D eigenvalue weighted by Crippen LogP contribution is -2.47. The van der Waals surface area contributed by atoms with Crippen LogP contribution in [0.4, 0.5) is 0 Å². The van der Waals surface area contributed by atoms with Crippen molar-refractivity contribution in [2.24, 2.45) is 17.3 Å². The second-order valence-corrected chi connectivity index (χ2v) is 11.1. The number of sulfone groups is 1. The molecule has 3 aliphatic rings. The van der Waals surface area contributed by atoms with Crippen molar-refractivity contribution >= 4 is 33.5 Å². The molecule has 1 heterocycles. The third-order valence-electron chi connectivity index (χ3n) is 5.90. The Morgan fingerprint density at radius 3 is 2.41 bits per heavy atom. The van der Waals surface area contributed by atoms with Crippen molar-refractivity contribution in [3.8, 4) is 0 Å². The highest BCUT2D eigenvalue weighted by Gasteiger charge is 2.46. The summed E-state index contributed by atoms with van der Waals surface area (Å²) in [5, 5.41) is 8.00. The van der Waals surface area contributed by atoms with Crippen LogP contribution >= 0.6 is 0 Å². The minimum atomic E-state index is -3.13. The van der Waals surface area contributed by atoms with Gasteiger partial charge in [-0.2, -0.15) is 0 Å². The number of hydrogen-bond acceptors (Lipinski definition) is 6. The number of nitrogens with one attached hydrogen (secondary N) is 3. The lowest BCUT2D eigenvalue weighted by Gasteiger charge is -2.23. The van der Waals surface area contributed by atoms with Crippen LogP contribution < -0.4 is 16.0 Å². The molecular formula is C19H29N3O6S. The molecule has 2 unspecified atom stereocenters. The first-order valence-electron chi connectivity index (χ1n) is 10.1. The van der Waals surface area contributed by atoms with Gasteiger partial charge in [0.1, 0.15) is 9.84 Å². The van der Waals surface area contributed by atoms with Gasteiger partial charge < -0.3 is 10.6 Å². The molecule has 0 aromatic carbocycles. The number of carbonyl (C=O) groups excluding carboxylic acids is 4.